The van der Waals surface area contributed by atoms with Crippen LogP contribution in [0.3, 0.4) is 0 Å². The first-order valence-electron chi connectivity index (χ1n) is 7.98. The van der Waals surface area contributed by atoms with Gasteiger partial charge in [-0.1, -0.05) is 31.5 Å². The van der Waals surface area contributed by atoms with E-state index >= 15 is 0 Å². The number of fused-ring (bicyclic) bond motifs is 1. The Kier molecular flexibility index (Phi) is 5.79. The highest BCUT2D eigenvalue weighted by Crippen LogP contribution is 2.21. The van der Waals surface area contributed by atoms with Gasteiger partial charge in [-0.25, -0.2) is 4.79 Å². The standard InChI is InChI=1S/C18H24N2O3/c1-4-5-10-20(13(2)21)17(18(22)23-3)11-14-12-19-16-9-7-6-8-15(14)16/h6-9,12,17,19H,4-5,10-11H2,1-3H3. The van der Waals surface area contributed by atoms with Crippen molar-refractivity contribution < 1.29 is 14.3 Å². The van der Waals surface area contributed by atoms with Gasteiger partial charge in [0.25, 0.3) is 0 Å². The number of methoxy groups -OCH3 is 1. The number of carbonyl (C=O) groups excluding carboxylic acids is 2. The molecule has 0 aliphatic heterocycles. The quantitative estimate of drug-likeness (QED) is 0.799. The number of aromatic amines is 1. The number of nitrogens with zero attached hydrogens (tertiary/aromatic N) is 1. The van der Waals surface area contributed by atoms with Crippen LogP contribution in [-0.2, 0) is 20.7 Å². The number of benzene rings is 1. The average Bonchev–Trinajstić information content (AvgIpc) is 2.96. The molecular weight excluding hydrogens is 292 g/mol. The van der Waals surface area contributed by atoms with E-state index in [0.29, 0.717) is 13.0 Å². The molecule has 0 bridgehead atoms. The molecule has 1 N–H and O–H groups in total. The lowest BCUT2D eigenvalue weighted by molar-refractivity contribution is -0.152. The number of nitrogens with one attached hydrogen (secondary N) is 1. The van der Waals surface area contributed by atoms with Gasteiger partial charge in [0.1, 0.15) is 6.04 Å². The number of para-hydroxylation sites is 1. The number of rotatable bonds is 7. The maximum absolute atomic E-state index is 12.3. The minimum Gasteiger partial charge on any atom is -0.467 e. The fraction of sp³-hybridized carbons (Fsp3) is 0.444. The molecule has 124 valence electrons. The van der Waals surface area contributed by atoms with E-state index < -0.39 is 6.04 Å². The van der Waals surface area contributed by atoms with Crippen LogP contribution in [0.15, 0.2) is 30.5 Å². The van der Waals surface area contributed by atoms with Gasteiger partial charge in [0.2, 0.25) is 5.91 Å². The second kappa shape index (κ2) is 7.81. The number of esters is 1. The van der Waals surface area contributed by atoms with Gasteiger partial charge in [-0.15, -0.1) is 0 Å². The second-order valence-corrected chi connectivity index (χ2v) is 5.67. The summed E-state index contributed by atoms with van der Waals surface area (Å²) in [5.41, 5.74) is 2.03. The van der Waals surface area contributed by atoms with Crippen LogP contribution < -0.4 is 0 Å². The topological polar surface area (TPSA) is 62.4 Å². The molecule has 0 saturated heterocycles. The first-order valence-corrected chi connectivity index (χ1v) is 7.98. The van der Waals surface area contributed by atoms with Crippen molar-refractivity contribution in [2.75, 3.05) is 13.7 Å². The summed E-state index contributed by atoms with van der Waals surface area (Å²) in [4.78, 5) is 29.1. The van der Waals surface area contributed by atoms with E-state index in [2.05, 4.69) is 11.9 Å². The largest absolute Gasteiger partial charge is 0.467 e. The summed E-state index contributed by atoms with van der Waals surface area (Å²) in [7, 11) is 1.36. The van der Waals surface area contributed by atoms with E-state index in [-0.39, 0.29) is 11.9 Å². The maximum atomic E-state index is 12.3. The van der Waals surface area contributed by atoms with Crippen LogP contribution in [0.25, 0.3) is 10.9 Å². The van der Waals surface area contributed by atoms with Gasteiger partial charge in [0.15, 0.2) is 0 Å². The van der Waals surface area contributed by atoms with Gasteiger partial charge >= 0.3 is 5.97 Å². The van der Waals surface area contributed by atoms with Crippen LogP contribution in [0.2, 0.25) is 0 Å². The molecule has 5 heteroatoms. The normalized spacial score (nSPS) is 12.1. The predicted octanol–water partition coefficient (Wildman–Crippen LogP) is 2.90. The van der Waals surface area contributed by atoms with Gasteiger partial charge < -0.3 is 14.6 Å². The van der Waals surface area contributed by atoms with Gasteiger partial charge in [-0.05, 0) is 18.1 Å². The van der Waals surface area contributed by atoms with Crippen LogP contribution in [0.1, 0.15) is 32.3 Å². The van der Waals surface area contributed by atoms with Crippen molar-refractivity contribution in [1.82, 2.24) is 9.88 Å². The van der Waals surface area contributed by atoms with Crippen molar-refractivity contribution in [1.29, 1.82) is 0 Å². The second-order valence-electron chi connectivity index (χ2n) is 5.67. The highest BCUT2D eigenvalue weighted by atomic mass is 16.5. The van der Waals surface area contributed by atoms with Crippen molar-refractivity contribution in [2.45, 2.75) is 39.2 Å². The van der Waals surface area contributed by atoms with Crippen LogP contribution in [0.5, 0.6) is 0 Å². The van der Waals surface area contributed by atoms with Crippen molar-refractivity contribution >= 4 is 22.8 Å². The lowest BCUT2D eigenvalue weighted by Gasteiger charge is -2.29. The summed E-state index contributed by atoms with van der Waals surface area (Å²) in [5.74, 6) is -0.477. The third kappa shape index (κ3) is 3.92. The zero-order valence-corrected chi connectivity index (χ0v) is 14.0. The zero-order valence-electron chi connectivity index (χ0n) is 14.0. The Bertz CT molecular complexity index is 678. The molecule has 1 aromatic carbocycles. The summed E-state index contributed by atoms with van der Waals surface area (Å²) in [6, 6.07) is 7.34. The molecule has 23 heavy (non-hydrogen) atoms. The Morgan fingerprint density at radius 3 is 2.70 bits per heavy atom. The summed E-state index contributed by atoms with van der Waals surface area (Å²) < 4.78 is 4.94. The Hall–Kier alpha value is -2.30. The van der Waals surface area contributed by atoms with Crippen LogP contribution in [-0.4, -0.2) is 41.5 Å². The number of amides is 1. The van der Waals surface area contributed by atoms with Crippen LogP contribution >= 0.6 is 0 Å². The van der Waals surface area contributed by atoms with Gasteiger partial charge in [0, 0.05) is 37.0 Å². The highest BCUT2D eigenvalue weighted by Gasteiger charge is 2.29. The average molecular weight is 316 g/mol. The number of ether oxygens (including phenoxy) is 1. The number of aromatic nitrogens is 1. The molecule has 2 aromatic rings. The SMILES string of the molecule is CCCCN(C(C)=O)C(Cc1c[nH]c2ccccc12)C(=O)OC. The Morgan fingerprint density at radius 1 is 1.30 bits per heavy atom. The van der Waals surface area contributed by atoms with Crippen molar-refractivity contribution in [3.8, 4) is 0 Å². The number of hydrogen-bond donors (Lipinski definition) is 1. The molecule has 0 spiro atoms. The van der Waals surface area contributed by atoms with Gasteiger partial charge in [-0.3, -0.25) is 4.79 Å². The van der Waals surface area contributed by atoms with E-state index in [1.807, 2.05) is 30.5 Å². The first kappa shape index (κ1) is 17.1. The molecule has 0 aliphatic carbocycles. The van der Waals surface area contributed by atoms with Crippen molar-refractivity contribution in [2.24, 2.45) is 0 Å². The van der Waals surface area contributed by atoms with E-state index in [9.17, 15) is 9.59 Å². The molecule has 0 saturated carbocycles. The molecular formula is C18H24N2O3. The Balaban J connectivity index is 2.30. The Morgan fingerprint density at radius 2 is 2.04 bits per heavy atom. The summed E-state index contributed by atoms with van der Waals surface area (Å²) in [6.45, 7) is 4.12. The minimum atomic E-state index is -0.594. The zero-order chi connectivity index (χ0) is 16.8. The van der Waals surface area contributed by atoms with E-state index in [4.69, 9.17) is 4.74 Å². The van der Waals surface area contributed by atoms with Crippen LogP contribution in [0.4, 0.5) is 0 Å². The number of hydrogen-bond acceptors (Lipinski definition) is 3. The fourth-order valence-corrected chi connectivity index (χ4v) is 2.83. The summed E-state index contributed by atoms with van der Waals surface area (Å²) in [6.07, 6.45) is 4.17. The van der Waals surface area contributed by atoms with E-state index in [1.54, 1.807) is 4.90 Å². The Labute approximate surface area is 136 Å². The van der Waals surface area contributed by atoms with E-state index in [0.717, 1.165) is 29.3 Å². The lowest BCUT2D eigenvalue weighted by atomic mass is 10.0. The number of H-pyrrole nitrogens is 1. The number of carbonyl (C=O) groups is 2. The highest BCUT2D eigenvalue weighted by molar-refractivity contribution is 5.86. The molecule has 1 atom stereocenters. The van der Waals surface area contributed by atoms with Crippen LogP contribution in [0, 0.1) is 0 Å². The van der Waals surface area contributed by atoms with Crippen molar-refractivity contribution in [3.63, 3.8) is 0 Å². The molecule has 1 amide bonds. The first-order chi connectivity index (χ1) is 11.1. The van der Waals surface area contributed by atoms with Gasteiger partial charge in [0.05, 0.1) is 7.11 Å². The smallest absolute Gasteiger partial charge is 0.328 e. The molecule has 1 heterocycles. The molecule has 1 aromatic heterocycles. The minimum absolute atomic E-state index is 0.103. The molecule has 0 aliphatic rings. The van der Waals surface area contributed by atoms with E-state index in [1.165, 1.54) is 14.0 Å². The maximum Gasteiger partial charge on any atom is 0.328 e. The summed E-state index contributed by atoms with van der Waals surface area (Å²) in [5, 5.41) is 1.07. The summed E-state index contributed by atoms with van der Waals surface area (Å²) >= 11 is 0. The number of unbranched alkanes of at least 4 members (excludes halogenated alkanes) is 1. The molecule has 0 fully saturated rings. The lowest BCUT2D eigenvalue weighted by Crippen LogP contribution is -2.46. The molecule has 1 unspecified atom stereocenters. The van der Waals surface area contributed by atoms with Crippen molar-refractivity contribution in [3.05, 3.63) is 36.0 Å². The third-order valence-corrected chi connectivity index (χ3v) is 4.09. The molecule has 2 rings (SSSR count). The molecule has 0 radical (unpaired) electrons. The fourth-order valence-electron chi connectivity index (χ4n) is 2.83. The molecule has 5 nitrogen and oxygen atoms in total. The third-order valence-electron chi connectivity index (χ3n) is 4.09. The van der Waals surface area contributed by atoms with Gasteiger partial charge in [-0.2, -0.15) is 0 Å². The predicted molar refractivity (Wildman–Crippen MR) is 90.1 cm³/mol. The monoisotopic (exact) mass is 316 g/mol.